The lowest BCUT2D eigenvalue weighted by atomic mass is 9.95. The lowest BCUT2D eigenvalue weighted by Crippen LogP contribution is -2.29. The SMILES string of the molecule is CN(C)C1CC[CH]CC1. The second-order valence-electron chi connectivity index (χ2n) is 3.06. The average Bonchev–Trinajstić information content (AvgIpc) is 1.90. The molecular weight excluding hydrogens is 110 g/mol. The summed E-state index contributed by atoms with van der Waals surface area (Å²) < 4.78 is 0. The molecule has 1 heteroatoms. The highest BCUT2D eigenvalue weighted by atomic mass is 15.1. The predicted octanol–water partition coefficient (Wildman–Crippen LogP) is 1.69. The van der Waals surface area contributed by atoms with Gasteiger partial charge in [0.15, 0.2) is 0 Å². The van der Waals surface area contributed by atoms with Crippen LogP contribution >= 0.6 is 0 Å². The van der Waals surface area contributed by atoms with E-state index in [0.717, 1.165) is 6.04 Å². The molecular formula is C8H16N. The highest BCUT2D eigenvalue weighted by Crippen LogP contribution is 2.19. The van der Waals surface area contributed by atoms with Gasteiger partial charge < -0.3 is 4.90 Å². The molecule has 0 aromatic carbocycles. The van der Waals surface area contributed by atoms with Crippen molar-refractivity contribution in [3.8, 4) is 0 Å². The van der Waals surface area contributed by atoms with Crippen molar-refractivity contribution in [3.05, 3.63) is 6.42 Å². The topological polar surface area (TPSA) is 3.24 Å². The van der Waals surface area contributed by atoms with Gasteiger partial charge in [-0.15, -0.1) is 0 Å². The Morgan fingerprint density at radius 2 is 1.78 bits per heavy atom. The monoisotopic (exact) mass is 126 g/mol. The summed E-state index contributed by atoms with van der Waals surface area (Å²) in [6.45, 7) is 0. The van der Waals surface area contributed by atoms with Crippen molar-refractivity contribution in [1.29, 1.82) is 0 Å². The molecule has 0 aromatic rings. The molecule has 0 amide bonds. The van der Waals surface area contributed by atoms with E-state index in [-0.39, 0.29) is 0 Å². The lowest BCUT2D eigenvalue weighted by Gasteiger charge is -2.27. The summed E-state index contributed by atoms with van der Waals surface area (Å²) in [6.07, 6.45) is 7.78. The van der Waals surface area contributed by atoms with E-state index in [1.54, 1.807) is 0 Å². The van der Waals surface area contributed by atoms with Gasteiger partial charge in [-0.05, 0) is 46.2 Å². The van der Waals surface area contributed by atoms with E-state index in [9.17, 15) is 0 Å². The average molecular weight is 126 g/mol. The summed E-state index contributed by atoms with van der Waals surface area (Å²) in [4.78, 5) is 2.34. The minimum Gasteiger partial charge on any atom is -0.306 e. The van der Waals surface area contributed by atoms with Gasteiger partial charge in [0.05, 0.1) is 0 Å². The minimum absolute atomic E-state index is 0.856. The van der Waals surface area contributed by atoms with Crippen LogP contribution in [0.5, 0.6) is 0 Å². The Morgan fingerprint density at radius 1 is 1.22 bits per heavy atom. The molecule has 1 radical (unpaired) electrons. The Morgan fingerprint density at radius 3 is 2.11 bits per heavy atom. The van der Waals surface area contributed by atoms with Crippen molar-refractivity contribution in [2.24, 2.45) is 0 Å². The van der Waals surface area contributed by atoms with Crippen LogP contribution in [-0.4, -0.2) is 25.0 Å². The first-order chi connectivity index (χ1) is 4.30. The zero-order valence-corrected chi connectivity index (χ0v) is 6.43. The molecule has 0 unspecified atom stereocenters. The Bertz CT molecular complexity index is 72.6. The Hall–Kier alpha value is -0.0400. The molecule has 0 aromatic heterocycles. The van der Waals surface area contributed by atoms with Gasteiger partial charge in [0, 0.05) is 6.04 Å². The molecule has 1 fully saturated rings. The summed E-state index contributed by atoms with van der Waals surface area (Å²) in [5.41, 5.74) is 0. The second kappa shape index (κ2) is 3.21. The van der Waals surface area contributed by atoms with Crippen LogP contribution in [0.1, 0.15) is 25.7 Å². The zero-order chi connectivity index (χ0) is 6.69. The van der Waals surface area contributed by atoms with Crippen LogP contribution in [0.4, 0.5) is 0 Å². The molecule has 1 aliphatic carbocycles. The quantitative estimate of drug-likeness (QED) is 0.517. The van der Waals surface area contributed by atoms with Crippen LogP contribution in [0.15, 0.2) is 0 Å². The van der Waals surface area contributed by atoms with Crippen LogP contribution in [0.25, 0.3) is 0 Å². The van der Waals surface area contributed by atoms with Crippen molar-refractivity contribution in [2.45, 2.75) is 31.7 Å². The van der Waals surface area contributed by atoms with E-state index in [0.29, 0.717) is 0 Å². The van der Waals surface area contributed by atoms with Crippen LogP contribution in [0.3, 0.4) is 0 Å². The third kappa shape index (κ3) is 1.98. The predicted molar refractivity (Wildman–Crippen MR) is 40.2 cm³/mol. The van der Waals surface area contributed by atoms with Crippen molar-refractivity contribution >= 4 is 0 Å². The molecule has 9 heavy (non-hydrogen) atoms. The third-order valence-corrected chi connectivity index (χ3v) is 2.14. The molecule has 0 heterocycles. The zero-order valence-electron chi connectivity index (χ0n) is 6.43. The van der Waals surface area contributed by atoms with E-state index in [1.165, 1.54) is 25.7 Å². The molecule has 1 rings (SSSR count). The van der Waals surface area contributed by atoms with Crippen LogP contribution in [0, 0.1) is 6.42 Å². The second-order valence-corrected chi connectivity index (χ2v) is 3.06. The summed E-state index contributed by atoms with van der Waals surface area (Å²) in [7, 11) is 4.35. The summed E-state index contributed by atoms with van der Waals surface area (Å²) in [5, 5.41) is 0. The van der Waals surface area contributed by atoms with Crippen LogP contribution < -0.4 is 0 Å². The molecule has 1 saturated carbocycles. The van der Waals surface area contributed by atoms with Crippen molar-refractivity contribution in [3.63, 3.8) is 0 Å². The molecule has 0 aliphatic heterocycles. The Balaban J connectivity index is 2.23. The summed E-state index contributed by atoms with van der Waals surface area (Å²) >= 11 is 0. The lowest BCUT2D eigenvalue weighted by molar-refractivity contribution is 0.247. The molecule has 0 atom stereocenters. The number of rotatable bonds is 1. The highest BCUT2D eigenvalue weighted by Gasteiger charge is 2.14. The molecule has 0 N–H and O–H groups in total. The van der Waals surface area contributed by atoms with Gasteiger partial charge in [-0.2, -0.15) is 0 Å². The fraction of sp³-hybridized carbons (Fsp3) is 0.875. The molecule has 1 aliphatic rings. The summed E-state index contributed by atoms with van der Waals surface area (Å²) in [5.74, 6) is 0. The largest absolute Gasteiger partial charge is 0.306 e. The highest BCUT2D eigenvalue weighted by molar-refractivity contribution is 4.80. The smallest absolute Gasteiger partial charge is 0.00893 e. The van der Waals surface area contributed by atoms with E-state index >= 15 is 0 Å². The maximum absolute atomic E-state index is 2.40. The Kier molecular flexibility index (Phi) is 2.52. The third-order valence-electron chi connectivity index (χ3n) is 2.14. The fourth-order valence-corrected chi connectivity index (χ4v) is 1.43. The first-order valence-corrected chi connectivity index (χ1v) is 3.79. The van der Waals surface area contributed by atoms with Crippen molar-refractivity contribution in [2.75, 3.05) is 14.1 Å². The molecule has 0 bridgehead atoms. The van der Waals surface area contributed by atoms with E-state index in [2.05, 4.69) is 25.4 Å². The van der Waals surface area contributed by atoms with Gasteiger partial charge in [0.2, 0.25) is 0 Å². The van der Waals surface area contributed by atoms with Gasteiger partial charge in [-0.3, -0.25) is 0 Å². The molecule has 53 valence electrons. The summed E-state index contributed by atoms with van der Waals surface area (Å²) in [6, 6.07) is 0.856. The number of hydrogen-bond acceptors (Lipinski definition) is 1. The van der Waals surface area contributed by atoms with Gasteiger partial charge in [-0.1, -0.05) is 0 Å². The minimum atomic E-state index is 0.856. The normalized spacial score (nSPS) is 23.0. The molecule has 1 nitrogen and oxygen atoms in total. The van der Waals surface area contributed by atoms with Gasteiger partial charge in [0.1, 0.15) is 0 Å². The Labute approximate surface area is 58.0 Å². The van der Waals surface area contributed by atoms with Crippen molar-refractivity contribution in [1.82, 2.24) is 4.90 Å². The van der Waals surface area contributed by atoms with E-state index in [4.69, 9.17) is 0 Å². The van der Waals surface area contributed by atoms with Gasteiger partial charge in [0.25, 0.3) is 0 Å². The molecule has 0 spiro atoms. The standard InChI is InChI=1S/C8H16N/c1-9(2)8-6-4-3-5-7-8/h3,8H,4-7H2,1-2H3. The molecule has 0 saturated heterocycles. The van der Waals surface area contributed by atoms with Gasteiger partial charge in [-0.25, -0.2) is 0 Å². The van der Waals surface area contributed by atoms with Crippen LogP contribution in [0.2, 0.25) is 0 Å². The van der Waals surface area contributed by atoms with Crippen LogP contribution in [-0.2, 0) is 0 Å². The fourth-order valence-electron chi connectivity index (χ4n) is 1.43. The first kappa shape index (κ1) is 7.07. The van der Waals surface area contributed by atoms with Gasteiger partial charge >= 0.3 is 0 Å². The maximum atomic E-state index is 2.40. The number of nitrogens with zero attached hydrogens (tertiary/aromatic N) is 1. The van der Waals surface area contributed by atoms with E-state index < -0.39 is 0 Å². The maximum Gasteiger partial charge on any atom is 0.00893 e. The first-order valence-electron chi connectivity index (χ1n) is 3.79. The van der Waals surface area contributed by atoms with Crippen molar-refractivity contribution < 1.29 is 0 Å². The van der Waals surface area contributed by atoms with E-state index in [1.807, 2.05) is 0 Å². The number of hydrogen-bond donors (Lipinski definition) is 0.